The molecule has 1 atom stereocenters. The van der Waals surface area contributed by atoms with Gasteiger partial charge in [0.2, 0.25) is 5.91 Å². The quantitative estimate of drug-likeness (QED) is 0.877. The molecule has 0 saturated heterocycles. The highest BCUT2D eigenvalue weighted by Crippen LogP contribution is 2.14. The number of halogens is 1. The number of benzene rings is 1. The number of aliphatic imine (C=N–C) groups is 1. The van der Waals surface area contributed by atoms with Crippen molar-refractivity contribution in [3.05, 3.63) is 66.0 Å². The molecule has 0 aliphatic carbocycles. The zero-order valence-corrected chi connectivity index (χ0v) is 12.4. The van der Waals surface area contributed by atoms with Crippen LogP contribution in [0.25, 0.3) is 0 Å². The van der Waals surface area contributed by atoms with Crippen molar-refractivity contribution >= 4 is 30.1 Å². The molecular weight excluding hydrogens is 302 g/mol. The third-order valence-corrected chi connectivity index (χ3v) is 3.27. The SMILES string of the molecule is Cl.O=C1N=C(c2ccccn2)NC(=O)C1Cc1ccccc1. The molecule has 112 valence electrons. The van der Waals surface area contributed by atoms with Crippen molar-refractivity contribution in [2.24, 2.45) is 10.9 Å². The molecule has 0 saturated carbocycles. The highest BCUT2D eigenvalue weighted by atomic mass is 35.5. The van der Waals surface area contributed by atoms with E-state index < -0.39 is 11.8 Å². The smallest absolute Gasteiger partial charge is 0.260 e. The van der Waals surface area contributed by atoms with Gasteiger partial charge in [-0.2, -0.15) is 4.99 Å². The Morgan fingerprint density at radius 1 is 1.00 bits per heavy atom. The van der Waals surface area contributed by atoms with Crippen LogP contribution in [-0.2, 0) is 16.0 Å². The van der Waals surface area contributed by atoms with Crippen LogP contribution in [0.5, 0.6) is 0 Å². The number of hydrogen-bond donors (Lipinski definition) is 1. The van der Waals surface area contributed by atoms with Crippen LogP contribution in [-0.4, -0.2) is 22.6 Å². The number of amides is 2. The van der Waals surface area contributed by atoms with Gasteiger partial charge in [0, 0.05) is 6.20 Å². The van der Waals surface area contributed by atoms with E-state index in [-0.39, 0.29) is 24.1 Å². The molecule has 2 amide bonds. The molecule has 2 heterocycles. The van der Waals surface area contributed by atoms with E-state index in [9.17, 15) is 9.59 Å². The van der Waals surface area contributed by atoms with Crippen LogP contribution in [0.4, 0.5) is 0 Å². The highest BCUT2D eigenvalue weighted by molar-refractivity contribution is 6.20. The van der Waals surface area contributed by atoms with Crippen LogP contribution < -0.4 is 5.32 Å². The average molecular weight is 316 g/mol. The van der Waals surface area contributed by atoms with Crippen LogP contribution in [0.15, 0.2) is 59.7 Å². The summed E-state index contributed by atoms with van der Waals surface area (Å²) in [6.07, 6.45) is 1.94. The molecule has 0 radical (unpaired) electrons. The van der Waals surface area contributed by atoms with Crippen molar-refractivity contribution in [3.8, 4) is 0 Å². The molecule has 22 heavy (non-hydrogen) atoms. The van der Waals surface area contributed by atoms with E-state index in [1.807, 2.05) is 30.3 Å². The molecule has 1 aliphatic rings. The van der Waals surface area contributed by atoms with E-state index in [1.54, 1.807) is 24.4 Å². The fourth-order valence-electron chi connectivity index (χ4n) is 2.19. The van der Waals surface area contributed by atoms with Crippen molar-refractivity contribution in [1.29, 1.82) is 0 Å². The fraction of sp³-hybridized carbons (Fsp3) is 0.125. The summed E-state index contributed by atoms with van der Waals surface area (Å²) in [6, 6.07) is 14.7. The van der Waals surface area contributed by atoms with Crippen LogP contribution in [0.3, 0.4) is 0 Å². The number of hydrogen-bond acceptors (Lipinski definition) is 3. The molecule has 1 unspecified atom stereocenters. The minimum Gasteiger partial charge on any atom is -0.308 e. The number of nitrogens with zero attached hydrogens (tertiary/aromatic N) is 2. The zero-order chi connectivity index (χ0) is 14.7. The first kappa shape index (κ1) is 15.9. The second-order valence-electron chi connectivity index (χ2n) is 4.75. The van der Waals surface area contributed by atoms with Gasteiger partial charge in [-0.1, -0.05) is 36.4 Å². The molecule has 3 rings (SSSR count). The third-order valence-electron chi connectivity index (χ3n) is 3.27. The Bertz CT molecular complexity index is 702. The van der Waals surface area contributed by atoms with Crippen molar-refractivity contribution < 1.29 is 9.59 Å². The number of nitrogens with one attached hydrogen (secondary N) is 1. The fourth-order valence-corrected chi connectivity index (χ4v) is 2.19. The van der Waals surface area contributed by atoms with Gasteiger partial charge in [0.25, 0.3) is 5.91 Å². The normalized spacial score (nSPS) is 17.3. The summed E-state index contributed by atoms with van der Waals surface area (Å²) in [5.41, 5.74) is 1.42. The third kappa shape index (κ3) is 3.38. The number of aromatic nitrogens is 1. The van der Waals surface area contributed by atoms with Gasteiger partial charge in [-0.25, -0.2) is 0 Å². The maximum absolute atomic E-state index is 12.2. The largest absolute Gasteiger partial charge is 0.308 e. The second kappa shape index (κ2) is 6.95. The summed E-state index contributed by atoms with van der Waals surface area (Å²) in [4.78, 5) is 32.3. The number of carbonyl (C=O) groups is 2. The maximum atomic E-state index is 12.2. The van der Waals surface area contributed by atoms with Crippen LogP contribution in [0.2, 0.25) is 0 Å². The maximum Gasteiger partial charge on any atom is 0.260 e. The molecule has 1 aromatic carbocycles. The topological polar surface area (TPSA) is 71.4 Å². The van der Waals surface area contributed by atoms with Crippen molar-refractivity contribution in [1.82, 2.24) is 10.3 Å². The van der Waals surface area contributed by atoms with Gasteiger partial charge in [-0.15, -0.1) is 12.4 Å². The standard InChI is InChI=1S/C16H13N3O2.ClH/c20-15-12(10-11-6-2-1-3-7-11)16(21)19-14(18-15)13-8-4-5-9-17-13;/h1-9,12H,10H2,(H,18,19,20,21);1H. The lowest BCUT2D eigenvalue weighted by Gasteiger charge is -2.19. The molecule has 0 bridgehead atoms. The predicted octanol–water partition coefficient (Wildman–Crippen LogP) is 1.77. The first-order valence-corrected chi connectivity index (χ1v) is 6.63. The van der Waals surface area contributed by atoms with Crippen molar-refractivity contribution in [2.45, 2.75) is 6.42 Å². The minimum atomic E-state index is -0.778. The van der Waals surface area contributed by atoms with E-state index >= 15 is 0 Å². The van der Waals surface area contributed by atoms with Crippen LogP contribution in [0, 0.1) is 5.92 Å². The van der Waals surface area contributed by atoms with E-state index in [0.29, 0.717) is 12.1 Å². The lowest BCUT2D eigenvalue weighted by molar-refractivity contribution is -0.133. The number of amidine groups is 1. The average Bonchev–Trinajstić information content (AvgIpc) is 2.52. The Morgan fingerprint density at radius 2 is 1.73 bits per heavy atom. The Labute approximate surface area is 133 Å². The van der Waals surface area contributed by atoms with Gasteiger partial charge in [-0.3, -0.25) is 14.6 Å². The lowest BCUT2D eigenvalue weighted by Crippen LogP contribution is -2.45. The number of pyridine rings is 1. The zero-order valence-electron chi connectivity index (χ0n) is 11.6. The number of rotatable bonds is 3. The first-order valence-electron chi connectivity index (χ1n) is 6.63. The molecule has 1 aliphatic heterocycles. The highest BCUT2D eigenvalue weighted by Gasteiger charge is 2.32. The van der Waals surface area contributed by atoms with E-state index in [1.165, 1.54) is 0 Å². The lowest BCUT2D eigenvalue weighted by atomic mass is 9.96. The molecule has 0 fully saturated rings. The van der Waals surface area contributed by atoms with Gasteiger partial charge in [-0.05, 0) is 24.1 Å². The summed E-state index contributed by atoms with van der Waals surface area (Å²) in [5.74, 6) is -1.32. The van der Waals surface area contributed by atoms with Crippen LogP contribution >= 0.6 is 12.4 Å². The summed E-state index contributed by atoms with van der Waals surface area (Å²) >= 11 is 0. The Hall–Kier alpha value is -2.53. The minimum absolute atomic E-state index is 0. The van der Waals surface area contributed by atoms with E-state index in [0.717, 1.165) is 5.56 Å². The van der Waals surface area contributed by atoms with Gasteiger partial charge < -0.3 is 5.32 Å². The van der Waals surface area contributed by atoms with Gasteiger partial charge in [0.1, 0.15) is 11.6 Å². The summed E-state index contributed by atoms with van der Waals surface area (Å²) in [6.45, 7) is 0. The van der Waals surface area contributed by atoms with Crippen molar-refractivity contribution in [2.75, 3.05) is 0 Å². The first-order chi connectivity index (χ1) is 10.2. The molecule has 0 spiro atoms. The summed E-state index contributed by atoms with van der Waals surface area (Å²) in [7, 11) is 0. The van der Waals surface area contributed by atoms with E-state index in [4.69, 9.17) is 0 Å². The van der Waals surface area contributed by atoms with Crippen LogP contribution in [0.1, 0.15) is 11.3 Å². The molecule has 1 aromatic heterocycles. The molecule has 2 aromatic rings. The molecule has 5 nitrogen and oxygen atoms in total. The Kier molecular flexibility index (Phi) is 5.01. The molecule has 6 heteroatoms. The monoisotopic (exact) mass is 315 g/mol. The summed E-state index contributed by atoms with van der Waals surface area (Å²) in [5, 5.41) is 2.66. The number of carbonyl (C=O) groups excluding carboxylic acids is 2. The summed E-state index contributed by atoms with van der Waals surface area (Å²) < 4.78 is 0. The van der Waals surface area contributed by atoms with Gasteiger partial charge in [0.15, 0.2) is 5.84 Å². The Balaban J connectivity index is 0.00000176. The predicted molar refractivity (Wildman–Crippen MR) is 84.8 cm³/mol. The van der Waals surface area contributed by atoms with Gasteiger partial charge in [0.05, 0.1) is 0 Å². The van der Waals surface area contributed by atoms with Crippen molar-refractivity contribution in [3.63, 3.8) is 0 Å². The molecular formula is C16H14ClN3O2. The second-order valence-corrected chi connectivity index (χ2v) is 4.75. The van der Waals surface area contributed by atoms with E-state index in [2.05, 4.69) is 15.3 Å². The molecule has 1 N–H and O–H groups in total. The Morgan fingerprint density at radius 3 is 2.36 bits per heavy atom. The van der Waals surface area contributed by atoms with Gasteiger partial charge >= 0.3 is 0 Å².